The third-order valence-corrected chi connectivity index (χ3v) is 5.30. The van der Waals surface area contributed by atoms with Crippen LogP contribution in [-0.4, -0.2) is 11.8 Å². The smallest absolute Gasteiger partial charge is 0.111 e. The number of hydrogen-bond acceptors (Lipinski definition) is 1. The summed E-state index contributed by atoms with van der Waals surface area (Å²) in [5.41, 5.74) is 0.358. The maximum atomic E-state index is 11.6. The van der Waals surface area contributed by atoms with Gasteiger partial charge in [0, 0.05) is 11.8 Å². The van der Waals surface area contributed by atoms with E-state index < -0.39 is 7.14 Å². The molecule has 0 N–H and O–H groups in total. The normalized spacial score (nSPS) is 34.1. The summed E-state index contributed by atoms with van der Waals surface area (Å²) >= 11 is 0. The molecule has 0 fully saturated rings. The molecule has 0 aromatic carbocycles. The first-order valence-corrected chi connectivity index (χ1v) is 5.44. The van der Waals surface area contributed by atoms with Crippen LogP contribution in [0.25, 0.3) is 0 Å². The van der Waals surface area contributed by atoms with Gasteiger partial charge in [-0.05, 0) is 12.2 Å². The van der Waals surface area contributed by atoms with Crippen molar-refractivity contribution in [1.29, 1.82) is 0 Å². The van der Waals surface area contributed by atoms with E-state index in [9.17, 15) is 4.57 Å². The second-order valence-electron chi connectivity index (χ2n) is 2.84. The first-order valence-electron chi connectivity index (χ1n) is 3.41. The van der Waals surface area contributed by atoms with Gasteiger partial charge in [-0.2, -0.15) is 0 Å². The molecule has 0 bridgehead atoms. The summed E-state index contributed by atoms with van der Waals surface area (Å²) in [5.74, 6) is 1.93. The van der Waals surface area contributed by atoms with E-state index >= 15 is 0 Å². The molecule has 9 heavy (non-hydrogen) atoms. The average Bonchev–Trinajstić information content (AvgIpc) is 2.16. The number of hydrogen-bond donors (Lipinski definition) is 0. The van der Waals surface area contributed by atoms with Gasteiger partial charge >= 0.3 is 0 Å². The maximum absolute atomic E-state index is 11.6. The Kier molecular flexibility index (Phi) is 1.81. The SMILES string of the molecule is CC(C)P1(=O)C=CCC1. The van der Waals surface area contributed by atoms with Crippen LogP contribution in [0.4, 0.5) is 0 Å². The second-order valence-corrected chi connectivity index (χ2v) is 6.33. The topological polar surface area (TPSA) is 17.1 Å². The van der Waals surface area contributed by atoms with Gasteiger partial charge < -0.3 is 4.57 Å². The van der Waals surface area contributed by atoms with Crippen molar-refractivity contribution in [2.24, 2.45) is 0 Å². The fraction of sp³-hybridized carbons (Fsp3) is 0.714. The van der Waals surface area contributed by atoms with Gasteiger partial charge in [-0.1, -0.05) is 19.9 Å². The fourth-order valence-electron chi connectivity index (χ4n) is 1.03. The summed E-state index contributed by atoms with van der Waals surface area (Å²) < 4.78 is 11.6. The van der Waals surface area contributed by atoms with E-state index in [-0.39, 0.29) is 0 Å². The Balaban J connectivity index is 2.75. The van der Waals surface area contributed by atoms with Crippen molar-refractivity contribution < 1.29 is 4.57 Å². The van der Waals surface area contributed by atoms with Crippen LogP contribution in [0, 0.1) is 0 Å². The standard InChI is InChI=1S/C7H13OP/c1-7(2)9(8)5-3-4-6-9/h3,5,7H,4,6H2,1-2H3. The molecule has 1 unspecified atom stereocenters. The van der Waals surface area contributed by atoms with E-state index in [0.717, 1.165) is 12.6 Å². The van der Waals surface area contributed by atoms with Gasteiger partial charge in [0.25, 0.3) is 0 Å². The van der Waals surface area contributed by atoms with Gasteiger partial charge in [0.15, 0.2) is 0 Å². The molecular formula is C7H13OP. The van der Waals surface area contributed by atoms with Gasteiger partial charge in [0.1, 0.15) is 7.14 Å². The lowest BCUT2D eigenvalue weighted by Crippen LogP contribution is -1.95. The summed E-state index contributed by atoms with van der Waals surface area (Å²) in [4.78, 5) is 0. The monoisotopic (exact) mass is 144 g/mol. The average molecular weight is 144 g/mol. The zero-order valence-corrected chi connectivity index (χ0v) is 6.90. The molecule has 0 spiro atoms. The van der Waals surface area contributed by atoms with Gasteiger partial charge in [0.05, 0.1) is 0 Å². The Morgan fingerprint density at radius 1 is 1.56 bits per heavy atom. The highest BCUT2D eigenvalue weighted by molar-refractivity contribution is 7.68. The van der Waals surface area contributed by atoms with Crippen molar-refractivity contribution in [3.05, 3.63) is 11.9 Å². The second kappa shape index (κ2) is 2.30. The Bertz CT molecular complexity index is 170. The van der Waals surface area contributed by atoms with Gasteiger partial charge in [-0.15, -0.1) is 0 Å². The molecule has 0 saturated heterocycles. The number of allylic oxidation sites excluding steroid dienone is 1. The Morgan fingerprint density at radius 2 is 2.22 bits per heavy atom. The van der Waals surface area contributed by atoms with E-state index in [1.54, 1.807) is 0 Å². The molecule has 52 valence electrons. The minimum Gasteiger partial charge on any atom is -0.319 e. The molecule has 0 aromatic heterocycles. The quantitative estimate of drug-likeness (QED) is 0.517. The van der Waals surface area contributed by atoms with Crippen molar-refractivity contribution in [2.45, 2.75) is 25.9 Å². The zero-order chi connectivity index (χ0) is 6.91. The van der Waals surface area contributed by atoms with Crippen LogP contribution >= 0.6 is 7.14 Å². The molecule has 2 heteroatoms. The van der Waals surface area contributed by atoms with Crippen molar-refractivity contribution in [2.75, 3.05) is 6.16 Å². The van der Waals surface area contributed by atoms with Gasteiger partial charge in [-0.3, -0.25) is 0 Å². The molecule has 1 heterocycles. The molecule has 1 aliphatic heterocycles. The zero-order valence-electron chi connectivity index (χ0n) is 6.00. The predicted octanol–water partition coefficient (Wildman–Crippen LogP) is 2.68. The third-order valence-electron chi connectivity index (χ3n) is 1.88. The Morgan fingerprint density at radius 3 is 2.44 bits per heavy atom. The summed E-state index contributed by atoms with van der Waals surface area (Å²) in [5, 5.41) is 0. The minimum atomic E-state index is -1.82. The molecular weight excluding hydrogens is 131 g/mol. The Hall–Kier alpha value is -0.0300. The largest absolute Gasteiger partial charge is 0.319 e. The fourth-order valence-corrected chi connectivity index (χ4v) is 3.10. The highest BCUT2D eigenvalue weighted by Crippen LogP contribution is 2.55. The molecule has 0 saturated carbocycles. The summed E-state index contributed by atoms with van der Waals surface area (Å²) in [6, 6.07) is 0. The predicted molar refractivity (Wildman–Crippen MR) is 41.4 cm³/mol. The lowest BCUT2D eigenvalue weighted by atomic mass is 10.5. The first-order chi connectivity index (χ1) is 4.15. The van der Waals surface area contributed by atoms with Gasteiger partial charge in [0.2, 0.25) is 0 Å². The van der Waals surface area contributed by atoms with Crippen LogP contribution in [0.1, 0.15) is 20.3 Å². The van der Waals surface area contributed by atoms with Gasteiger partial charge in [-0.25, -0.2) is 0 Å². The summed E-state index contributed by atoms with van der Waals surface area (Å²) in [6.07, 6.45) is 3.97. The lowest BCUT2D eigenvalue weighted by Gasteiger charge is -2.12. The number of rotatable bonds is 1. The van der Waals surface area contributed by atoms with Crippen molar-refractivity contribution >= 4 is 7.14 Å². The highest BCUT2D eigenvalue weighted by atomic mass is 31.2. The Labute approximate surface area is 56.5 Å². The minimum absolute atomic E-state index is 0.358. The molecule has 1 nitrogen and oxygen atoms in total. The van der Waals surface area contributed by atoms with Crippen LogP contribution in [0.3, 0.4) is 0 Å². The summed E-state index contributed by atoms with van der Waals surface area (Å²) in [6.45, 7) is 4.08. The van der Waals surface area contributed by atoms with E-state index in [1.165, 1.54) is 0 Å². The van der Waals surface area contributed by atoms with Crippen molar-refractivity contribution in [3.8, 4) is 0 Å². The third kappa shape index (κ3) is 1.27. The van der Waals surface area contributed by atoms with Crippen LogP contribution in [-0.2, 0) is 4.57 Å². The van der Waals surface area contributed by atoms with Crippen molar-refractivity contribution in [1.82, 2.24) is 0 Å². The maximum Gasteiger partial charge on any atom is 0.111 e. The molecule has 0 aromatic rings. The van der Waals surface area contributed by atoms with Crippen LogP contribution < -0.4 is 0 Å². The summed E-state index contributed by atoms with van der Waals surface area (Å²) in [7, 11) is -1.82. The molecule has 1 rings (SSSR count). The molecule has 0 aliphatic carbocycles. The first kappa shape index (κ1) is 7.08. The molecule has 0 radical (unpaired) electrons. The van der Waals surface area contributed by atoms with Crippen LogP contribution in [0.2, 0.25) is 0 Å². The van der Waals surface area contributed by atoms with E-state index in [0.29, 0.717) is 5.66 Å². The van der Waals surface area contributed by atoms with Crippen molar-refractivity contribution in [3.63, 3.8) is 0 Å². The highest BCUT2D eigenvalue weighted by Gasteiger charge is 2.24. The molecule has 1 atom stereocenters. The van der Waals surface area contributed by atoms with E-state index in [2.05, 4.69) is 0 Å². The lowest BCUT2D eigenvalue weighted by molar-refractivity contribution is 0.576. The van der Waals surface area contributed by atoms with E-state index in [4.69, 9.17) is 0 Å². The molecule has 1 aliphatic rings. The van der Waals surface area contributed by atoms with E-state index in [1.807, 2.05) is 25.7 Å². The van der Waals surface area contributed by atoms with Crippen LogP contribution in [0.5, 0.6) is 0 Å². The molecule has 0 amide bonds. The van der Waals surface area contributed by atoms with Crippen LogP contribution in [0.15, 0.2) is 11.9 Å².